The van der Waals surface area contributed by atoms with E-state index >= 15 is 0 Å². The third kappa shape index (κ3) is 7.31. The van der Waals surface area contributed by atoms with Crippen molar-refractivity contribution in [1.82, 2.24) is 10.6 Å². The Labute approximate surface area is 162 Å². The monoisotopic (exact) mass is 409 g/mol. The maximum atomic E-state index is 12.3. The van der Waals surface area contributed by atoms with Gasteiger partial charge >= 0.3 is 5.97 Å². The number of aliphatic hydroxyl groups is 1. The number of nitrogens with two attached hydrogens (primary N) is 1. The van der Waals surface area contributed by atoms with E-state index < -0.39 is 48.2 Å². The number of aliphatic hydroxyl groups excluding tert-OH is 1. The van der Waals surface area contributed by atoms with Crippen molar-refractivity contribution in [2.45, 2.75) is 49.7 Å². The maximum absolute atomic E-state index is 12.3. The standard InChI is InChI=1S/C15H27N3O6S2/c1-26-5-4-9(15(22)23)18-14(21)11-3-2-10(19)12(24-11)6-17-13(20)8(16)7-25/h8-12,19,25H,2-7,16H2,1H3,(H,17,20)(H,18,21)(H,22,23)/t8-,9-,10-,11-,12+/m0/s1. The number of carboxylic acid groups (broad SMARTS) is 1. The molecule has 0 unspecified atom stereocenters. The predicted octanol–water partition coefficient (Wildman–Crippen LogP) is -1.41. The molecule has 1 heterocycles. The van der Waals surface area contributed by atoms with Gasteiger partial charge in [0.05, 0.1) is 12.1 Å². The Morgan fingerprint density at radius 2 is 2.08 bits per heavy atom. The van der Waals surface area contributed by atoms with Crippen molar-refractivity contribution in [1.29, 1.82) is 0 Å². The zero-order valence-corrected chi connectivity index (χ0v) is 16.3. The number of thiol groups is 1. The van der Waals surface area contributed by atoms with E-state index in [1.807, 2.05) is 6.26 Å². The smallest absolute Gasteiger partial charge is 0.326 e. The molecule has 0 aromatic rings. The first kappa shape index (κ1) is 23.0. The van der Waals surface area contributed by atoms with E-state index in [2.05, 4.69) is 23.3 Å². The Morgan fingerprint density at radius 1 is 1.38 bits per heavy atom. The van der Waals surface area contributed by atoms with Gasteiger partial charge in [-0.1, -0.05) is 0 Å². The first-order chi connectivity index (χ1) is 12.3. The van der Waals surface area contributed by atoms with Crippen LogP contribution in [0.2, 0.25) is 0 Å². The summed E-state index contributed by atoms with van der Waals surface area (Å²) >= 11 is 5.43. The number of ether oxygens (including phenoxy) is 1. The van der Waals surface area contributed by atoms with Crippen molar-refractivity contribution < 1.29 is 29.3 Å². The lowest BCUT2D eigenvalue weighted by Gasteiger charge is -2.34. The minimum absolute atomic E-state index is 0.0000909. The average molecular weight is 410 g/mol. The van der Waals surface area contributed by atoms with Crippen LogP contribution in [-0.4, -0.2) is 82.7 Å². The Balaban J connectivity index is 2.58. The van der Waals surface area contributed by atoms with Crippen molar-refractivity contribution in [2.75, 3.05) is 24.3 Å². The summed E-state index contributed by atoms with van der Waals surface area (Å²) in [7, 11) is 0. The Morgan fingerprint density at radius 3 is 2.65 bits per heavy atom. The molecule has 11 heteroatoms. The van der Waals surface area contributed by atoms with E-state index in [0.29, 0.717) is 18.6 Å². The molecule has 0 bridgehead atoms. The van der Waals surface area contributed by atoms with Gasteiger partial charge in [0.1, 0.15) is 18.2 Å². The summed E-state index contributed by atoms with van der Waals surface area (Å²) in [4.78, 5) is 35.2. The highest BCUT2D eigenvalue weighted by atomic mass is 32.2. The molecular formula is C15H27N3O6S2. The number of thioether (sulfide) groups is 1. The lowest BCUT2D eigenvalue weighted by molar-refractivity contribution is -0.157. The van der Waals surface area contributed by atoms with Gasteiger partial charge in [0.15, 0.2) is 0 Å². The van der Waals surface area contributed by atoms with Crippen LogP contribution >= 0.6 is 24.4 Å². The second kappa shape index (κ2) is 11.7. The lowest BCUT2D eigenvalue weighted by Crippen LogP contribution is -2.54. The van der Waals surface area contributed by atoms with Crippen molar-refractivity contribution in [2.24, 2.45) is 5.73 Å². The van der Waals surface area contributed by atoms with Crippen LogP contribution < -0.4 is 16.4 Å². The van der Waals surface area contributed by atoms with E-state index in [-0.39, 0.29) is 18.7 Å². The van der Waals surface area contributed by atoms with Gasteiger partial charge in [0.2, 0.25) is 11.8 Å². The number of carbonyl (C=O) groups is 3. The molecule has 0 aromatic carbocycles. The Hall–Kier alpha value is -1.01. The normalized spacial score (nSPS) is 25.2. The summed E-state index contributed by atoms with van der Waals surface area (Å²) in [6, 6.07) is -1.76. The molecule has 0 saturated carbocycles. The second-order valence-corrected chi connectivity index (χ2v) is 7.37. The largest absolute Gasteiger partial charge is 0.480 e. The molecule has 2 amide bonds. The Kier molecular flexibility index (Phi) is 10.3. The molecule has 1 fully saturated rings. The predicted molar refractivity (Wildman–Crippen MR) is 101 cm³/mol. The van der Waals surface area contributed by atoms with Crippen LogP contribution in [-0.2, 0) is 19.1 Å². The number of nitrogens with one attached hydrogen (secondary N) is 2. The third-order valence-electron chi connectivity index (χ3n) is 4.02. The first-order valence-corrected chi connectivity index (χ1v) is 10.3. The molecule has 1 rings (SSSR count). The minimum Gasteiger partial charge on any atom is -0.480 e. The summed E-state index contributed by atoms with van der Waals surface area (Å²) in [5.41, 5.74) is 5.55. The summed E-state index contributed by atoms with van der Waals surface area (Å²) in [5.74, 6) is -1.29. The summed E-state index contributed by atoms with van der Waals surface area (Å²) in [6.07, 6.45) is 0.240. The highest BCUT2D eigenvalue weighted by Crippen LogP contribution is 2.20. The summed E-state index contributed by atoms with van der Waals surface area (Å²) in [6.45, 7) is 0.0000909. The number of carboxylic acids is 1. The number of carbonyl (C=O) groups excluding carboxylic acids is 2. The van der Waals surface area contributed by atoms with Gasteiger partial charge in [-0.15, -0.1) is 0 Å². The minimum atomic E-state index is -1.10. The molecule has 150 valence electrons. The number of rotatable bonds is 10. The number of hydrogen-bond acceptors (Lipinski definition) is 8. The van der Waals surface area contributed by atoms with Crippen molar-refractivity contribution in [3.63, 3.8) is 0 Å². The van der Waals surface area contributed by atoms with Crippen molar-refractivity contribution in [3.8, 4) is 0 Å². The van der Waals surface area contributed by atoms with E-state index in [1.165, 1.54) is 11.8 Å². The Bertz CT molecular complexity index is 496. The third-order valence-corrected chi connectivity index (χ3v) is 5.06. The molecular weight excluding hydrogens is 382 g/mol. The van der Waals surface area contributed by atoms with E-state index in [1.54, 1.807) is 0 Å². The quantitative estimate of drug-likeness (QED) is 0.241. The molecule has 1 saturated heterocycles. The summed E-state index contributed by atoms with van der Waals surface area (Å²) in [5, 5.41) is 24.2. The van der Waals surface area contributed by atoms with Crippen molar-refractivity contribution in [3.05, 3.63) is 0 Å². The van der Waals surface area contributed by atoms with E-state index in [0.717, 1.165) is 0 Å². The van der Waals surface area contributed by atoms with Gasteiger partial charge in [-0.3, -0.25) is 9.59 Å². The lowest BCUT2D eigenvalue weighted by atomic mass is 10.00. The number of aliphatic carboxylic acids is 1. The van der Waals surface area contributed by atoms with Gasteiger partial charge < -0.3 is 31.3 Å². The van der Waals surface area contributed by atoms with Crippen LogP contribution in [0.3, 0.4) is 0 Å². The van der Waals surface area contributed by atoms with Crippen LogP contribution in [0.1, 0.15) is 19.3 Å². The molecule has 26 heavy (non-hydrogen) atoms. The molecule has 0 spiro atoms. The SMILES string of the molecule is CSCC[C@H](NC(=O)[C@@H]1CC[C@H](O)[C@@H](CNC(=O)[C@@H](N)CS)O1)C(=O)O. The van der Waals surface area contributed by atoms with Crippen LogP contribution in [0.5, 0.6) is 0 Å². The fourth-order valence-electron chi connectivity index (χ4n) is 2.43. The van der Waals surface area contributed by atoms with Gasteiger partial charge in [-0.25, -0.2) is 4.79 Å². The highest BCUT2D eigenvalue weighted by Gasteiger charge is 2.35. The molecule has 0 aromatic heterocycles. The van der Waals surface area contributed by atoms with Gasteiger partial charge in [-0.05, 0) is 31.3 Å². The zero-order chi connectivity index (χ0) is 19.7. The van der Waals surface area contributed by atoms with Crippen LogP contribution in [0, 0.1) is 0 Å². The summed E-state index contributed by atoms with van der Waals surface area (Å²) < 4.78 is 5.57. The molecule has 0 aliphatic carbocycles. The van der Waals surface area contributed by atoms with Crippen LogP contribution in [0.25, 0.3) is 0 Å². The van der Waals surface area contributed by atoms with Gasteiger partial charge in [0.25, 0.3) is 0 Å². The van der Waals surface area contributed by atoms with Gasteiger partial charge in [0, 0.05) is 12.3 Å². The number of amides is 2. The van der Waals surface area contributed by atoms with Crippen LogP contribution in [0.15, 0.2) is 0 Å². The van der Waals surface area contributed by atoms with E-state index in [4.69, 9.17) is 10.5 Å². The molecule has 6 N–H and O–H groups in total. The maximum Gasteiger partial charge on any atom is 0.326 e. The fraction of sp³-hybridized carbons (Fsp3) is 0.800. The molecule has 9 nitrogen and oxygen atoms in total. The fourth-order valence-corrected chi connectivity index (χ4v) is 3.06. The average Bonchev–Trinajstić information content (AvgIpc) is 2.62. The number of hydrogen-bond donors (Lipinski definition) is 6. The molecule has 5 atom stereocenters. The molecule has 1 aliphatic heterocycles. The van der Waals surface area contributed by atoms with Crippen LogP contribution in [0.4, 0.5) is 0 Å². The van der Waals surface area contributed by atoms with E-state index in [9.17, 15) is 24.6 Å². The van der Waals surface area contributed by atoms with Crippen molar-refractivity contribution >= 4 is 42.2 Å². The highest BCUT2D eigenvalue weighted by molar-refractivity contribution is 7.98. The topological polar surface area (TPSA) is 151 Å². The molecule has 0 radical (unpaired) electrons. The molecule has 1 aliphatic rings. The zero-order valence-electron chi connectivity index (χ0n) is 14.6. The second-order valence-electron chi connectivity index (χ2n) is 6.02. The first-order valence-electron chi connectivity index (χ1n) is 8.29. The van der Waals surface area contributed by atoms with Gasteiger partial charge in [-0.2, -0.15) is 24.4 Å².